The Balaban J connectivity index is 1.99. The molecule has 8 atom stereocenters. The molecule has 2 saturated heterocycles. The Hall–Kier alpha value is -0.280. The van der Waals surface area contributed by atoms with E-state index in [1.165, 1.54) is 0 Å². The van der Waals surface area contributed by atoms with Crippen LogP contribution >= 0.6 is 0 Å². The normalized spacial score (nSPS) is 48.3. The molecule has 2 aliphatic rings. The Kier molecular flexibility index (Phi) is 5.96. The average Bonchev–Trinajstić information content (AvgIpc) is 2.45. The van der Waals surface area contributed by atoms with Gasteiger partial charge in [0.15, 0.2) is 12.6 Å². The summed E-state index contributed by atoms with van der Waals surface area (Å²) in [5.41, 5.74) is 0. The SMILES string of the molecule is CO[C@H]1C[C@H](O)O[C@H](C)[C@H]1O[C@H]1C[C@@H](OC)[C@H](O)[C@@H](C)O1. The van der Waals surface area contributed by atoms with Crippen molar-refractivity contribution in [3.05, 3.63) is 0 Å². The van der Waals surface area contributed by atoms with Crippen molar-refractivity contribution >= 4 is 0 Å². The van der Waals surface area contributed by atoms with Gasteiger partial charge in [0.2, 0.25) is 0 Å². The van der Waals surface area contributed by atoms with Gasteiger partial charge in [0, 0.05) is 27.1 Å². The second-order valence-electron chi connectivity index (χ2n) is 5.68. The van der Waals surface area contributed by atoms with Crippen molar-refractivity contribution in [3.63, 3.8) is 0 Å². The second-order valence-corrected chi connectivity index (χ2v) is 5.68. The minimum atomic E-state index is -0.843. The number of methoxy groups -OCH3 is 2. The van der Waals surface area contributed by atoms with Gasteiger partial charge < -0.3 is 33.9 Å². The van der Waals surface area contributed by atoms with E-state index >= 15 is 0 Å². The van der Waals surface area contributed by atoms with Crippen LogP contribution in [0, 0.1) is 0 Å². The van der Waals surface area contributed by atoms with Gasteiger partial charge in [-0.3, -0.25) is 0 Å². The quantitative estimate of drug-likeness (QED) is 0.757. The van der Waals surface area contributed by atoms with Crippen molar-refractivity contribution in [2.45, 2.75) is 75.9 Å². The Morgan fingerprint density at radius 1 is 0.905 bits per heavy atom. The molecule has 0 aromatic rings. The molecule has 2 aliphatic heterocycles. The molecule has 2 fully saturated rings. The van der Waals surface area contributed by atoms with E-state index in [2.05, 4.69) is 0 Å². The molecule has 7 nitrogen and oxygen atoms in total. The highest BCUT2D eigenvalue weighted by Gasteiger charge is 2.42. The minimum Gasteiger partial charge on any atom is -0.388 e. The molecule has 2 rings (SSSR count). The Morgan fingerprint density at radius 3 is 2.19 bits per heavy atom. The van der Waals surface area contributed by atoms with E-state index in [0.717, 1.165) is 0 Å². The van der Waals surface area contributed by atoms with Gasteiger partial charge in [-0.15, -0.1) is 0 Å². The first-order chi connectivity index (χ1) is 9.96. The van der Waals surface area contributed by atoms with Crippen LogP contribution in [0.15, 0.2) is 0 Å². The summed E-state index contributed by atoms with van der Waals surface area (Å²) in [6.07, 6.45) is -2.86. The van der Waals surface area contributed by atoms with E-state index < -0.39 is 18.7 Å². The highest BCUT2D eigenvalue weighted by Crippen LogP contribution is 2.29. The molecule has 0 radical (unpaired) electrons. The Labute approximate surface area is 125 Å². The van der Waals surface area contributed by atoms with Gasteiger partial charge >= 0.3 is 0 Å². The van der Waals surface area contributed by atoms with Crippen molar-refractivity contribution in [1.82, 2.24) is 0 Å². The number of rotatable bonds is 4. The van der Waals surface area contributed by atoms with E-state index in [1.54, 1.807) is 21.1 Å². The molecule has 2 heterocycles. The van der Waals surface area contributed by atoms with Crippen LogP contribution < -0.4 is 0 Å². The predicted molar refractivity (Wildman–Crippen MR) is 72.6 cm³/mol. The number of ether oxygens (including phenoxy) is 5. The van der Waals surface area contributed by atoms with Gasteiger partial charge in [-0.2, -0.15) is 0 Å². The van der Waals surface area contributed by atoms with Gasteiger partial charge in [-0.1, -0.05) is 0 Å². The van der Waals surface area contributed by atoms with Crippen LogP contribution in [0.2, 0.25) is 0 Å². The molecule has 0 spiro atoms. The van der Waals surface area contributed by atoms with Crippen molar-refractivity contribution in [1.29, 1.82) is 0 Å². The van der Waals surface area contributed by atoms with Crippen LogP contribution in [0.25, 0.3) is 0 Å². The summed E-state index contributed by atoms with van der Waals surface area (Å²) in [6.45, 7) is 3.61. The van der Waals surface area contributed by atoms with Gasteiger partial charge in [0.1, 0.15) is 12.2 Å². The first kappa shape index (κ1) is 17.1. The zero-order chi connectivity index (χ0) is 15.6. The van der Waals surface area contributed by atoms with Crippen LogP contribution in [0.4, 0.5) is 0 Å². The van der Waals surface area contributed by atoms with Gasteiger partial charge in [0.05, 0.1) is 24.4 Å². The standard InChI is InChI=1S/C14H26O7/c1-7-13(16)9(17-3)6-12(20-7)21-14-8(2)19-11(15)5-10(14)18-4/h7-16H,5-6H2,1-4H3/t7-,8-,9-,10+,11-,12+,13-,14-/m1/s1. The largest absolute Gasteiger partial charge is 0.388 e. The Morgan fingerprint density at radius 2 is 1.57 bits per heavy atom. The van der Waals surface area contributed by atoms with Gasteiger partial charge in [-0.25, -0.2) is 0 Å². The summed E-state index contributed by atoms with van der Waals surface area (Å²) in [4.78, 5) is 0. The van der Waals surface area contributed by atoms with E-state index in [-0.39, 0.29) is 30.5 Å². The zero-order valence-corrected chi connectivity index (χ0v) is 13.0. The minimum absolute atomic E-state index is 0.268. The van der Waals surface area contributed by atoms with Gasteiger partial charge in [-0.05, 0) is 13.8 Å². The van der Waals surface area contributed by atoms with Crippen molar-refractivity contribution < 1.29 is 33.9 Å². The molecule has 21 heavy (non-hydrogen) atoms. The molecule has 124 valence electrons. The molecular formula is C14H26O7. The number of aliphatic hydroxyl groups excluding tert-OH is 2. The molecule has 0 unspecified atom stereocenters. The molecule has 0 saturated carbocycles. The van der Waals surface area contributed by atoms with Crippen LogP contribution in [-0.4, -0.2) is 73.6 Å². The summed E-state index contributed by atoms with van der Waals surface area (Å²) in [7, 11) is 3.14. The third-order valence-corrected chi connectivity index (χ3v) is 4.20. The molecule has 2 N–H and O–H groups in total. The van der Waals surface area contributed by atoms with Crippen LogP contribution in [0.3, 0.4) is 0 Å². The number of hydrogen-bond donors (Lipinski definition) is 2. The van der Waals surface area contributed by atoms with E-state index in [4.69, 9.17) is 23.7 Å². The lowest BCUT2D eigenvalue weighted by atomic mass is 10.0. The maximum absolute atomic E-state index is 9.96. The highest BCUT2D eigenvalue weighted by molar-refractivity contribution is 4.86. The maximum atomic E-state index is 9.96. The Bertz CT molecular complexity index is 326. The van der Waals surface area contributed by atoms with Crippen molar-refractivity contribution in [3.8, 4) is 0 Å². The summed E-state index contributed by atoms with van der Waals surface area (Å²) in [6, 6.07) is 0. The van der Waals surface area contributed by atoms with Crippen LogP contribution in [0.5, 0.6) is 0 Å². The molecule has 0 bridgehead atoms. The predicted octanol–water partition coefficient (Wildman–Crippen LogP) is 0.0246. The summed E-state index contributed by atoms with van der Waals surface area (Å²) in [5, 5.41) is 19.6. The fourth-order valence-corrected chi connectivity index (χ4v) is 2.95. The summed E-state index contributed by atoms with van der Waals surface area (Å²) in [5.74, 6) is 0. The number of aliphatic hydroxyl groups is 2. The van der Waals surface area contributed by atoms with E-state index in [1.807, 2.05) is 6.92 Å². The first-order valence-electron chi connectivity index (χ1n) is 7.34. The fourth-order valence-electron chi connectivity index (χ4n) is 2.95. The molecule has 0 amide bonds. The topological polar surface area (TPSA) is 86.6 Å². The number of hydrogen-bond acceptors (Lipinski definition) is 7. The monoisotopic (exact) mass is 306 g/mol. The fraction of sp³-hybridized carbons (Fsp3) is 1.00. The van der Waals surface area contributed by atoms with E-state index in [9.17, 15) is 10.2 Å². The molecule has 7 heteroatoms. The van der Waals surface area contributed by atoms with Crippen LogP contribution in [0.1, 0.15) is 26.7 Å². The van der Waals surface area contributed by atoms with E-state index in [0.29, 0.717) is 12.8 Å². The lowest BCUT2D eigenvalue weighted by Crippen LogP contribution is -2.54. The lowest BCUT2D eigenvalue weighted by molar-refractivity contribution is -0.310. The average molecular weight is 306 g/mol. The van der Waals surface area contributed by atoms with Crippen molar-refractivity contribution in [2.24, 2.45) is 0 Å². The van der Waals surface area contributed by atoms with Crippen LogP contribution in [-0.2, 0) is 23.7 Å². The van der Waals surface area contributed by atoms with Crippen molar-refractivity contribution in [2.75, 3.05) is 14.2 Å². The second kappa shape index (κ2) is 7.32. The third kappa shape index (κ3) is 3.92. The molecule has 0 aromatic heterocycles. The molecule has 0 aliphatic carbocycles. The summed E-state index contributed by atoms with van der Waals surface area (Å²) < 4.78 is 27.7. The molecule has 0 aromatic carbocycles. The lowest BCUT2D eigenvalue weighted by Gasteiger charge is -2.42. The smallest absolute Gasteiger partial charge is 0.161 e. The van der Waals surface area contributed by atoms with Gasteiger partial charge in [0.25, 0.3) is 0 Å². The zero-order valence-electron chi connectivity index (χ0n) is 13.0. The highest BCUT2D eigenvalue weighted by atomic mass is 16.7. The molecular weight excluding hydrogens is 280 g/mol. The maximum Gasteiger partial charge on any atom is 0.161 e. The third-order valence-electron chi connectivity index (χ3n) is 4.20. The summed E-state index contributed by atoms with van der Waals surface area (Å²) >= 11 is 0. The first-order valence-corrected chi connectivity index (χ1v) is 7.34.